The molecular weight excluding hydrogens is 194 g/mol. The van der Waals surface area contributed by atoms with Crippen LogP contribution in [0.3, 0.4) is 0 Å². The molecule has 16 heavy (non-hydrogen) atoms. The predicted octanol–water partition coefficient (Wildman–Crippen LogP) is 4.64. The van der Waals surface area contributed by atoms with Gasteiger partial charge in [-0.05, 0) is 31.1 Å². The number of hydrogen-bond donors (Lipinski definition) is 1. The maximum atomic E-state index is 6.55. The molecule has 0 aliphatic heterocycles. The van der Waals surface area contributed by atoms with Gasteiger partial charge in [-0.2, -0.15) is 0 Å². The Bertz CT molecular complexity index is 198. The first-order valence-electron chi connectivity index (χ1n) is 7.26. The van der Waals surface area contributed by atoms with Crippen LogP contribution in [-0.4, -0.2) is 5.54 Å². The molecule has 0 bridgehead atoms. The van der Waals surface area contributed by atoms with E-state index in [0.29, 0.717) is 5.41 Å². The van der Waals surface area contributed by atoms with Gasteiger partial charge in [-0.3, -0.25) is 0 Å². The Morgan fingerprint density at radius 1 is 1.00 bits per heavy atom. The SMILES string of the molecule is CCCCCCCC1(N)CCCC(C)(C)C1. The molecule has 1 nitrogen and oxygen atoms in total. The van der Waals surface area contributed by atoms with Gasteiger partial charge >= 0.3 is 0 Å². The second-order valence-corrected chi connectivity index (χ2v) is 6.72. The van der Waals surface area contributed by atoms with Crippen molar-refractivity contribution in [2.45, 2.75) is 90.5 Å². The van der Waals surface area contributed by atoms with Crippen LogP contribution in [0.2, 0.25) is 0 Å². The fourth-order valence-electron chi connectivity index (χ4n) is 3.34. The van der Waals surface area contributed by atoms with Crippen molar-refractivity contribution in [1.82, 2.24) is 0 Å². The summed E-state index contributed by atoms with van der Waals surface area (Å²) in [7, 11) is 0. The van der Waals surface area contributed by atoms with Crippen LogP contribution in [0.4, 0.5) is 0 Å². The number of rotatable bonds is 6. The molecule has 0 spiro atoms. The molecule has 1 saturated carbocycles. The highest BCUT2D eigenvalue weighted by Gasteiger charge is 2.36. The average molecular weight is 225 g/mol. The summed E-state index contributed by atoms with van der Waals surface area (Å²) >= 11 is 0. The summed E-state index contributed by atoms with van der Waals surface area (Å²) in [5.74, 6) is 0. The molecule has 0 radical (unpaired) electrons. The van der Waals surface area contributed by atoms with Crippen molar-refractivity contribution in [2.75, 3.05) is 0 Å². The lowest BCUT2D eigenvalue weighted by Gasteiger charge is -2.42. The number of unbranched alkanes of at least 4 members (excludes halogenated alkanes) is 4. The smallest absolute Gasteiger partial charge is 0.0159 e. The number of hydrogen-bond acceptors (Lipinski definition) is 1. The Hall–Kier alpha value is -0.0400. The summed E-state index contributed by atoms with van der Waals surface area (Å²) < 4.78 is 0. The van der Waals surface area contributed by atoms with Gasteiger partial charge in [0.2, 0.25) is 0 Å². The van der Waals surface area contributed by atoms with Crippen LogP contribution in [0.25, 0.3) is 0 Å². The first-order valence-corrected chi connectivity index (χ1v) is 7.26. The Balaban J connectivity index is 2.23. The molecule has 0 heterocycles. The second kappa shape index (κ2) is 6.05. The third kappa shape index (κ3) is 4.86. The molecule has 0 aromatic heterocycles. The summed E-state index contributed by atoms with van der Waals surface area (Å²) in [6, 6.07) is 0. The number of nitrogens with two attached hydrogens (primary N) is 1. The molecule has 0 saturated heterocycles. The van der Waals surface area contributed by atoms with Gasteiger partial charge in [0.1, 0.15) is 0 Å². The van der Waals surface area contributed by atoms with E-state index in [1.807, 2.05) is 0 Å². The Morgan fingerprint density at radius 3 is 2.31 bits per heavy atom. The molecule has 2 N–H and O–H groups in total. The van der Waals surface area contributed by atoms with E-state index in [0.717, 1.165) is 0 Å². The van der Waals surface area contributed by atoms with Crippen LogP contribution in [-0.2, 0) is 0 Å². The van der Waals surface area contributed by atoms with Gasteiger partial charge in [-0.25, -0.2) is 0 Å². The van der Waals surface area contributed by atoms with Gasteiger partial charge in [0.25, 0.3) is 0 Å². The topological polar surface area (TPSA) is 26.0 Å². The van der Waals surface area contributed by atoms with Crippen molar-refractivity contribution in [3.8, 4) is 0 Å². The minimum atomic E-state index is 0.161. The zero-order valence-corrected chi connectivity index (χ0v) is 11.6. The Kier molecular flexibility index (Phi) is 5.30. The van der Waals surface area contributed by atoms with E-state index in [1.54, 1.807) is 0 Å². The molecule has 1 unspecified atom stereocenters. The standard InChI is InChI=1S/C15H31N/c1-4-5-6-7-8-11-15(16)12-9-10-14(2,3)13-15/h4-13,16H2,1-3H3. The molecule has 0 amide bonds. The van der Waals surface area contributed by atoms with E-state index in [4.69, 9.17) is 5.73 Å². The summed E-state index contributed by atoms with van der Waals surface area (Å²) in [5, 5.41) is 0. The van der Waals surface area contributed by atoms with Gasteiger partial charge in [0.05, 0.1) is 0 Å². The minimum absolute atomic E-state index is 0.161. The van der Waals surface area contributed by atoms with Crippen LogP contribution in [0.1, 0.15) is 85.0 Å². The second-order valence-electron chi connectivity index (χ2n) is 6.72. The molecule has 0 aromatic rings. The van der Waals surface area contributed by atoms with E-state index in [-0.39, 0.29) is 5.54 Å². The third-order valence-corrected chi connectivity index (χ3v) is 4.14. The maximum Gasteiger partial charge on any atom is 0.0159 e. The zero-order chi connectivity index (χ0) is 12.1. The van der Waals surface area contributed by atoms with Crippen molar-refractivity contribution in [2.24, 2.45) is 11.1 Å². The fourth-order valence-corrected chi connectivity index (χ4v) is 3.34. The third-order valence-electron chi connectivity index (χ3n) is 4.14. The van der Waals surface area contributed by atoms with Crippen molar-refractivity contribution in [3.63, 3.8) is 0 Å². The quantitative estimate of drug-likeness (QED) is 0.654. The molecule has 1 fully saturated rings. The van der Waals surface area contributed by atoms with Gasteiger partial charge in [-0.15, -0.1) is 0 Å². The first kappa shape index (κ1) is 14.0. The van der Waals surface area contributed by atoms with Crippen molar-refractivity contribution >= 4 is 0 Å². The molecule has 1 aliphatic rings. The molecular formula is C15H31N. The Morgan fingerprint density at radius 2 is 1.69 bits per heavy atom. The van der Waals surface area contributed by atoms with E-state index >= 15 is 0 Å². The van der Waals surface area contributed by atoms with Crippen LogP contribution in [0.15, 0.2) is 0 Å². The largest absolute Gasteiger partial charge is 0.325 e. The van der Waals surface area contributed by atoms with E-state index in [1.165, 1.54) is 64.2 Å². The molecule has 1 aliphatic carbocycles. The summed E-state index contributed by atoms with van der Waals surface area (Å²) in [6.07, 6.45) is 13.3. The zero-order valence-electron chi connectivity index (χ0n) is 11.6. The molecule has 96 valence electrons. The first-order chi connectivity index (χ1) is 7.47. The highest BCUT2D eigenvalue weighted by atomic mass is 14.8. The van der Waals surface area contributed by atoms with Crippen molar-refractivity contribution < 1.29 is 0 Å². The summed E-state index contributed by atoms with van der Waals surface area (Å²) in [6.45, 7) is 7.03. The van der Waals surface area contributed by atoms with Gasteiger partial charge < -0.3 is 5.73 Å². The lowest BCUT2D eigenvalue weighted by molar-refractivity contribution is 0.141. The molecule has 1 atom stereocenters. The van der Waals surface area contributed by atoms with Gasteiger partial charge in [0.15, 0.2) is 0 Å². The predicted molar refractivity (Wildman–Crippen MR) is 72.5 cm³/mol. The summed E-state index contributed by atoms with van der Waals surface area (Å²) in [4.78, 5) is 0. The van der Waals surface area contributed by atoms with Crippen LogP contribution < -0.4 is 5.73 Å². The maximum absolute atomic E-state index is 6.55. The highest BCUT2D eigenvalue weighted by Crippen LogP contribution is 2.41. The normalized spacial score (nSPS) is 29.2. The monoisotopic (exact) mass is 225 g/mol. The highest BCUT2D eigenvalue weighted by molar-refractivity contribution is 4.93. The molecule has 0 aromatic carbocycles. The molecule has 1 heteroatoms. The van der Waals surface area contributed by atoms with Gasteiger partial charge in [-0.1, -0.05) is 59.3 Å². The van der Waals surface area contributed by atoms with Gasteiger partial charge in [0, 0.05) is 5.54 Å². The van der Waals surface area contributed by atoms with Crippen molar-refractivity contribution in [1.29, 1.82) is 0 Å². The van der Waals surface area contributed by atoms with Crippen LogP contribution in [0, 0.1) is 5.41 Å². The molecule has 1 rings (SSSR count). The summed E-state index contributed by atoms with van der Waals surface area (Å²) in [5.41, 5.74) is 7.19. The lowest BCUT2D eigenvalue weighted by atomic mass is 9.67. The van der Waals surface area contributed by atoms with Crippen LogP contribution >= 0.6 is 0 Å². The fraction of sp³-hybridized carbons (Fsp3) is 1.00. The Labute approximate surface area is 102 Å². The lowest BCUT2D eigenvalue weighted by Crippen LogP contribution is -2.46. The minimum Gasteiger partial charge on any atom is -0.325 e. The van der Waals surface area contributed by atoms with E-state index in [2.05, 4.69) is 20.8 Å². The van der Waals surface area contributed by atoms with E-state index < -0.39 is 0 Å². The van der Waals surface area contributed by atoms with Crippen LogP contribution in [0.5, 0.6) is 0 Å². The van der Waals surface area contributed by atoms with Crippen molar-refractivity contribution in [3.05, 3.63) is 0 Å². The van der Waals surface area contributed by atoms with E-state index in [9.17, 15) is 0 Å². The average Bonchev–Trinajstić information content (AvgIpc) is 2.15.